The molecule has 0 aromatic carbocycles. The van der Waals surface area contributed by atoms with Crippen molar-refractivity contribution in [2.75, 3.05) is 7.05 Å². The quantitative estimate of drug-likeness (QED) is 0.866. The SMILES string of the molecule is CN(C(=O)Cn1cncn1)C1(CC(=O)O)CCCCC1. The van der Waals surface area contributed by atoms with E-state index >= 15 is 0 Å². The van der Waals surface area contributed by atoms with E-state index in [0.29, 0.717) is 0 Å². The zero-order chi connectivity index (χ0) is 14.6. The van der Waals surface area contributed by atoms with Crippen molar-refractivity contribution in [3.8, 4) is 0 Å². The Labute approximate surface area is 117 Å². The number of carboxylic acid groups (broad SMARTS) is 1. The monoisotopic (exact) mass is 280 g/mol. The fourth-order valence-corrected chi connectivity index (χ4v) is 2.95. The average Bonchev–Trinajstić information content (AvgIpc) is 2.91. The topological polar surface area (TPSA) is 88.3 Å². The highest BCUT2D eigenvalue weighted by molar-refractivity contribution is 5.78. The van der Waals surface area contributed by atoms with Gasteiger partial charge in [0.25, 0.3) is 0 Å². The summed E-state index contributed by atoms with van der Waals surface area (Å²) in [6.07, 6.45) is 7.40. The molecule has 1 heterocycles. The molecule has 0 saturated heterocycles. The van der Waals surface area contributed by atoms with Crippen LogP contribution in [0.3, 0.4) is 0 Å². The molecule has 1 saturated carbocycles. The van der Waals surface area contributed by atoms with Crippen molar-refractivity contribution in [1.82, 2.24) is 19.7 Å². The second-order valence-corrected chi connectivity index (χ2v) is 5.40. The van der Waals surface area contributed by atoms with Gasteiger partial charge in [-0.15, -0.1) is 0 Å². The van der Waals surface area contributed by atoms with E-state index < -0.39 is 11.5 Å². The lowest BCUT2D eigenvalue weighted by molar-refractivity contribution is -0.146. The van der Waals surface area contributed by atoms with Gasteiger partial charge >= 0.3 is 5.97 Å². The van der Waals surface area contributed by atoms with Gasteiger partial charge in [0.05, 0.1) is 12.0 Å². The largest absolute Gasteiger partial charge is 0.481 e. The minimum Gasteiger partial charge on any atom is -0.481 e. The molecule has 0 radical (unpaired) electrons. The maximum absolute atomic E-state index is 12.3. The number of aliphatic carboxylic acids is 1. The molecule has 1 N–H and O–H groups in total. The van der Waals surface area contributed by atoms with E-state index in [9.17, 15) is 9.59 Å². The lowest BCUT2D eigenvalue weighted by Gasteiger charge is -2.43. The van der Waals surface area contributed by atoms with Gasteiger partial charge < -0.3 is 10.0 Å². The molecule has 1 aromatic heterocycles. The van der Waals surface area contributed by atoms with Crippen LogP contribution >= 0.6 is 0 Å². The molecular formula is C13H20N4O3. The first-order chi connectivity index (χ1) is 9.53. The van der Waals surface area contributed by atoms with Crippen molar-refractivity contribution in [3.63, 3.8) is 0 Å². The predicted octanol–water partition coefficient (Wildman–Crippen LogP) is 0.914. The first-order valence-corrected chi connectivity index (χ1v) is 6.84. The third kappa shape index (κ3) is 3.15. The third-order valence-corrected chi connectivity index (χ3v) is 4.11. The van der Waals surface area contributed by atoms with Crippen LogP contribution in [0.2, 0.25) is 0 Å². The Morgan fingerprint density at radius 1 is 1.35 bits per heavy atom. The Hall–Kier alpha value is -1.92. The number of likely N-dealkylation sites (N-methyl/N-ethyl adjacent to an activating group) is 1. The molecule has 1 amide bonds. The van der Waals surface area contributed by atoms with Crippen LogP contribution in [-0.2, 0) is 16.1 Å². The zero-order valence-corrected chi connectivity index (χ0v) is 11.7. The van der Waals surface area contributed by atoms with Crippen LogP contribution in [0, 0.1) is 0 Å². The van der Waals surface area contributed by atoms with Crippen molar-refractivity contribution < 1.29 is 14.7 Å². The number of aromatic nitrogens is 3. The standard InChI is InChI=1S/C13H20N4O3/c1-16(11(18)8-17-10-14-9-15-17)13(7-12(19)20)5-3-2-4-6-13/h9-10H,2-8H2,1H3,(H,19,20). The highest BCUT2D eigenvalue weighted by atomic mass is 16.4. The molecule has 7 heteroatoms. The number of hydrogen-bond donors (Lipinski definition) is 1. The Balaban J connectivity index is 2.10. The van der Waals surface area contributed by atoms with E-state index in [1.54, 1.807) is 11.9 Å². The van der Waals surface area contributed by atoms with Crippen LogP contribution in [-0.4, -0.2) is 49.2 Å². The lowest BCUT2D eigenvalue weighted by atomic mass is 9.78. The summed E-state index contributed by atoms with van der Waals surface area (Å²) in [5.41, 5.74) is -0.554. The van der Waals surface area contributed by atoms with Crippen molar-refractivity contribution in [1.29, 1.82) is 0 Å². The number of nitrogens with zero attached hydrogens (tertiary/aromatic N) is 4. The Kier molecular flexibility index (Phi) is 4.36. The van der Waals surface area contributed by atoms with Crippen molar-refractivity contribution in [2.45, 2.75) is 50.6 Å². The second kappa shape index (κ2) is 6.02. The summed E-state index contributed by atoms with van der Waals surface area (Å²) in [5, 5.41) is 13.1. The molecule has 1 aliphatic carbocycles. The van der Waals surface area contributed by atoms with Crippen LogP contribution < -0.4 is 0 Å². The number of amides is 1. The smallest absolute Gasteiger partial charge is 0.305 e. The van der Waals surface area contributed by atoms with Gasteiger partial charge in [-0.3, -0.25) is 9.59 Å². The molecule has 20 heavy (non-hydrogen) atoms. The van der Waals surface area contributed by atoms with Crippen LogP contribution in [0.25, 0.3) is 0 Å². The van der Waals surface area contributed by atoms with E-state index in [1.807, 2.05) is 0 Å². The summed E-state index contributed by atoms with van der Waals surface area (Å²) in [6, 6.07) is 0. The normalized spacial score (nSPS) is 17.6. The maximum Gasteiger partial charge on any atom is 0.305 e. The Bertz CT molecular complexity index is 466. The van der Waals surface area contributed by atoms with E-state index in [4.69, 9.17) is 5.11 Å². The van der Waals surface area contributed by atoms with Crippen LogP contribution in [0.1, 0.15) is 38.5 Å². The molecule has 110 valence electrons. The minimum absolute atomic E-state index is 0.00654. The van der Waals surface area contributed by atoms with Crippen LogP contribution in [0.15, 0.2) is 12.7 Å². The molecule has 0 atom stereocenters. The minimum atomic E-state index is -0.854. The van der Waals surface area contributed by atoms with Gasteiger partial charge in [0, 0.05) is 7.05 Å². The molecule has 2 rings (SSSR count). The summed E-state index contributed by atoms with van der Waals surface area (Å²) in [4.78, 5) is 28.9. The summed E-state index contributed by atoms with van der Waals surface area (Å²) in [6.45, 7) is 0.0951. The molecule has 1 fully saturated rings. The predicted molar refractivity (Wildman–Crippen MR) is 70.9 cm³/mol. The molecule has 7 nitrogen and oxygen atoms in total. The molecular weight excluding hydrogens is 260 g/mol. The molecule has 0 spiro atoms. The first kappa shape index (κ1) is 14.5. The fraction of sp³-hybridized carbons (Fsp3) is 0.692. The third-order valence-electron chi connectivity index (χ3n) is 4.11. The van der Waals surface area contributed by atoms with Crippen LogP contribution in [0.5, 0.6) is 0 Å². The van der Waals surface area contributed by atoms with Gasteiger partial charge in [0.1, 0.15) is 19.2 Å². The van der Waals surface area contributed by atoms with Gasteiger partial charge in [-0.05, 0) is 12.8 Å². The molecule has 0 aliphatic heterocycles. The van der Waals surface area contributed by atoms with Crippen LogP contribution in [0.4, 0.5) is 0 Å². The lowest BCUT2D eigenvalue weighted by Crippen LogP contribution is -2.53. The van der Waals surface area contributed by atoms with Gasteiger partial charge in [-0.1, -0.05) is 19.3 Å². The van der Waals surface area contributed by atoms with Gasteiger partial charge in [-0.25, -0.2) is 9.67 Å². The van der Waals surface area contributed by atoms with E-state index in [0.717, 1.165) is 32.1 Å². The molecule has 0 unspecified atom stereocenters. The fourth-order valence-electron chi connectivity index (χ4n) is 2.95. The number of rotatable bonds is 5. The van der Waals surface area contributed by atoms with E-state index in [1.165, 1.54) is 17.3 Å². The number of carboxylic acids is 1. The molecule has 0 bridgehead atoms. The summed E-state index contributed by atoms with van der Waals surface area (Å²) in [7, 11) is 1.70. The Morgan fingerprint density at radius 3 is 2.60 bits per heavy atom. The van der Waals surface area contributed by atoms with Crippen molar-refractivity contribution in [3.05, 3.63) is 12.7 Å². The summed E-state index contributed by atoms with van der Waals surface area (Å²) in [5.74, 6) is -0.981. The second-order valence-electron chi connectivity index (χ2n) is 5.40. The van der Waals surface area contributed by atoms with Gasteiger partial charge in [0.2, 0.25) is 5.91 Å². The number of carbonyl (C=O) groups excluding carboxylic acids is 1. The van der Waals surface area contributed by atoms with E-state index in [2.05, 4.69) is 10.1 Å². The van der Waals surface area contributed by atoms with Crippen molar-refractivity contribution in [2.24, 2.45) is 0 Å². The van der Waals surface area contributed by atoms with E-state index in [-0.39, 0.29) is 18.9 Å². The zero-order valence-electron chi connectivity index (χ0n) is 11.7. The van der Waals surface area contributed by atoms with Crippen molar-refractivity contribution >= 4 is 11.9 Å². The summed E-state index contributed by atoms with van der Waals surface area (Å²) >= 11 is 0. The summed E-state index contributed by atoms with van der Waals surface area (Å²) < 4.78 is 1.45. The molecule has 1 aliphatic rings. The van der Waals surface area contributed by atoms with Gasteiger partial charge in [0.15, 0.2) is 0 Å². The Morgan fingerprint density at radius 2 is 2.05 bits per heavy atom. The average molecular weight is 280 g/mol. The highest BCUT2D eigenvalue weighted by Gasteiger charge is 2.40. The van der Waals surface area contributed by atoms with Gasteiger partial charge in [-0.2, -0.15) is 5.10 Å². The number of carbonyl (C=O) groups is 2. The maximum atomic E-state index is 12.3. The molecule has 1 aromatic rings. The number of hydrogen-bond acceptors (Lipinski definition) is 4. The highest BCUT2D eigenvalue weighted by Crippen LogP contribution is 2.36. The first-order valence-electron chi connectivity index (χ1n) is 6.84.